The molecule has 1 rings (SSSR count). The minimum absolute atomic E-state index is 0.162. The Bertz CT molecular complexity index is 1050. The Balaban J connectivity index is 2.48. The van der Waals surface area contributed by atoms with Crippen LogP contribution in [0.3, 0.4) is 0 Å². The van der Waals surface area contributed by atoms with Gasteiger partial charge in [-0.1, -0.05) is 127 Å². The predicted octanol–water partition coefficient (Wildman–Crippen LogP) is 6.61. The molecule has 1 saturated heterocycles. The second-order valence-corrected chi connectivity index (χ2v) is 15.4. The van der Waals surface area contributed by atoms with Crippen molar-refractivity contribution in [3.05, 3.63) is 48.6 Å². The van der Waals surface area contributed by atoms with Crippen molar-refractivity contribution in [3.8, 4) is 0 Å². The van der Waals surface area contributed by atoms with E-state index in [0.29, 0.717) is 19.3 Å². The van der Waals surface area contributed by atoms with E-state index in [2.05, 4.69) is 55.6 Å². The van der Waals surface area contributed by atoms with Gasteiger partial charge in [0.1, 0.15) is 36.6 Å². The zero-order valence-corrected chi connectivity index (χ0v) is 34.8. The molecule has 1 heterocycles. The van der Waals surface area contributed by atoms with Crippen LogP contribution in [-0.4, -0.2) is 110 Å². The molecule has 0 bridgehead atoms. The van der Waals surface area contributed by atoms with Gasteiger partial charge in [-0.05, 0) is 83.5 Å². The smallest absolute Gasteiger partial charge is 0.249 e. The van der Waals surface area contributed by atoms with Gasteiger partial charge in [0.2, 0.25) is 5.91 Å². The van der Waals surface area contributed by atoms with Gasteiger partial charge >= 0.3 is 0 Å². The van der Waals surface area contributed by atoms with Crippen LogP contribution in [0.25, 0.3) is 0 Å². The lowest BCUT2D eigenvalue weighted by molar-refractivity contribution is -0.303. The topological polar surface area (TPSA) is 189 Å². The van der Waals surface area contributed by atoms with Crippen molar-refractivity contribution in [1.29, 1.82) is 0 Å². The number of hydrogen-bond donors (Lipinski definition) is 8. The average Bonchev–Trinajstić information content (AvgIpc) is 3.20. The maximum absolute atomic E-state index is 12.9. The van der Waals surface area contributed by atoms with Crippen LogP contribution in [0.15, 0.2) is 48.6 Å². The van der Waals surface area contributed by atoms with Crippen LogP contribution in [0.1, 0.15) is 162 Å². The molecule has 0 spiro atoms. The predicted molar refractivity (Wildman–Crippen MR) is 224 cm³/mol. The molecular formula is C45H81NO10. The number of unbranched alkanes of at least 4 members (excludes halogenated alkanes) is 15. The van der Waals surface area contributed by atoms with Crippen molar-refractivity contribution in [2.24, 2.45) is 0 Å². The summed E-state index contributed by atoms with van der Waals surface area (Å²) in [5.41, 5.74) is 0. The third kappa shape index (κ3) is 24.8. The molecule has 8 N–H and O–H groups in total. The number of ether oxygens (including phenoxy) is 2. The van der Waals surface area contributed by atoms with E-state index in [1.165, 1.54) is 77.0 Å². The minimum Gasteiger partial charge on any atom is -0.394 e. The van der Waals surface area contributed by atoms with Gasteiger partial charge in [-0.2, -0.15) is 0 Å². The third-order valence-electron chi connectivity index (χ3n) is 10.3. The molecule has 11 nitrogen and oxygen atoms in total. The fourth-order valence-corrected chi connectivity index (χ4v) is 6.59. The van der Waals surface area contributed by atoms with Crippen molar-refractivity contribution in [1.82, 2.24) is 5.32 Å². The van der Waals surface area contributed by atoms with E-state index >= 15 is 0 Å². The molecule has 1 aliphatic rings. The summed E-state index contributed by atoms with van der Waals surface area (Å²) in [6.45, 7) is 3.31. The maximum atomic E-state index is 12.9. The number of aliphatic hydroxyl groups is 7. The van der Waals surface area contributed by atoms with E-state index in [0.717, 1.165) is 38.5 Å². The van der Waals surface area contributed by atoms with Crippen LogP contribution >= 0.6 is 0 Å². The van der Waals surface area contributed by atoms with Crippen molar-refractivity contribution in [2.75, 3.05) is 13.2 Å². The highest BCUT2D eigenvalue weighted by Crippen LogP contribution is 2.23. The van der Waals surface area contributed by atoms with Gasteiger partial charge < -0.3 is 50.5 Å². The first kappa shape index (κ1) is 52.1. The van der Waals surface area contributed by atoms with E-state index in [4.69, 9.17) is 9.47 Å². The zero-order valence-electron chi connectivity index (χ0n) is 34.8. The summed E-state index contributed by atoms with van der Waals surface area (Å²) < 4.78 is 11.0. The van der Waals surface area contributed by atoms with Crippen molar-refractivity contribution in [3.63, 3.8) is 0 Å². The standard InChI is InChI=1S/C45H81NO10/c1-3-5-7-9-11-13-14-15-16-17-18-19-20-21-22-23-24-25-27-28-30-32-37(48)40(50)36(35-55-45-43(53)42(52)41(51)39(34-47)56-45)46-44(54)38(49)33-31-29-26-12-10-8-6-4-2/h17-18,21-22,25-27,29,36-43,45,47-53H,3-16,19-20,23-24,28,30-35H2,1-2H3,(H,46,54)/b18-17+,22-21+,27-25+,29-26-. The van der Waals surface area contributed by atoms with Gasteiger partial charge in [-0.15, -0.1) is 0 Å². The molecule has 1 fully saturated rings. The summed E-state index contributed by atoms with van der Waals surface area (Å²) >= 11 is 0. The van der Waals surface area contributed by atoms with Crippen molar-refractivity contribution >= 4 is 5.91 Å². The van der Waals surface area contributed by atoms with Crippen molar-refractivity contribution in [2.45, 2.75) is 217 Å². The Morgan fingerprint density at radius 1 is 0.607 bits per heavy atom. The normalized spacial score (nSPS) is 22.8. The maximum Gasteiger partial charge on any atom is 0.249 e. The number of rotatable bonds is 35. The number of carbonyl (C=O) groups excluding carboxylic acids is 1. The van der Waals surface area contributed by atoms with Crippen LogP contribution < -0.4 is 5.32 Å². The molecule has 11 heteroatoms. The highest BCUT2D eigenvalue weighted by atomic mass is 16.7. The summed E-state index contributed by atoms with van der Waals surface area (Å²) in [5, 5.41) is 75.2. The number of allylic oxidation sites excluding steroid dienone is 8. The van der Waals surface area contributed by atoms with Crippen LogP contribution in [-0.2, 0) is 14.3 Å². The van der Waals surface area contributed by atoms with E-state index < -0.39 is 74.2 Å². The number of amides is 1. The minimum atomic E-state index is -1.68. The van der Waals surface area contributed by atoms with Gasteiger partial charge in [-0.25, -0.2) is 0 Å². The quantitative estimate of drug-likeness (QED) is 0.0256. The second kappa shape index (κ2) is 35.1. The monoisotopic (exact) mass is 796 g/mol. The van der Waals surface area contributed by atoms with E-state index in [-0.39, 0.29) is 12.8 Å². The number of carbonyl (C=O) groups is 1. The van der Waals surface area contributed by atoms with Crippen LogP contribution in [0, 0.1) is 0 Å². The van der Waals surface area contributed by atoms with E-state index in [1.54, 1.807) is 0 Å². The zero-order chi connectivity index (χ0) is 41.2. The molecule has 0 radical (unpaired) electrons. The molecule has 56 heavy (non-hydrogen) atoms. The van der Waals surface area contributed by atoms with E-state index in [1.807, 2.05) is 12.2 Å². The van der Waals surface area contributed by atoms with E-state index in [9.17, 15) is 40.5 Å². The lowest BCUT2D eigenvalue weighted by Crippen LogP contribution is -2.60. The largest absolute Gasteiger partial charge is 0.394 e. The summed E-state index contributed by atoms with van der Waals surface area (Å²) in [7, 11) is 0. The van der Waals surface area contributed by atoms with Crippen LogP contribution in [0.2, 0.25) is 0 Å². The second-order valence-electron chi connectivity index (χ2n) is 15.4. The van der Waals surface area contributed by atoms with Gasteiger partial charge in [-0.3, -0.25) is 4.79 Å². The summed E-state index contributed by atoms with van der Waals surface area (Å²) in [6, 6.07) is -1.21. The molecule has 0 aromatic rings. The first-order valence-electron chi connectivity index (χ1n) is 22.0. The van der Waals surface area contributed by atoms with Gasteiger partial charge in [0.05, 0.1) is 25.4 Å². The molecule has 0 aromatic carbocycles. The summed E-state index contributed by atoms with van der Waals surface area (Å²) in [6.07, 6.45) is 29.2. The number of hydrogen-bond acceptors (Lipinski definition) is 10. The molecule has 1 aliphatic heterocycles. The summed E-state index contributed by atoms with van der Waals surface area (Å²) in [4.78, 5) is 12.9. The first-order valence-corrected chi connectivity index (χ1v) is 22.0. The Hall–Kier alpha value is -1.93. The van der Waals surface area contributed by atoms with Gasteiger partial charge in [0.25, 0.3) is 0 Å². The van der Waals surface area contributed by atoms with Crippen LogP contribution in [0.4, 0.5) is 0 Å². The Morgan fingerprint density at radius 3 is 1.61 bits per heavy atom. The molecule has 326 valence electrons. The lowest BCUT2D eigenvalue weighted by atomic mass is 9.99. The first-order chi connectivity index (χ1) is 27.2. The molecule has 9 unspecified atom stereocenters. The molecule has 1 amide bonds. The summed E-state index contributed by atoms with van der Waals surface area (Å²) in [5.74, 6) is -0.752. The molecular weight excluding hydrogens is 714 g/mol. The molecule has 9 atom stereocenters. The van der Waals surface area contributed by atoms with Gasteiger partial charge in [0, 0.05) is 0 Å². The molecule has 0 saturated carbocycles. The molecule has 0 aromatic heterocycles. The fraction of sp³-hybridized carbons (Fsp3) is 0.800. The van der Waals surface area contributed by atoms with Crippen molar-refractivity contribution < 1.29 is 50.0 Å². The third-order valence-corrected chi connectivity index (χ3v) is 10.3. The SMILES string of the molecule is CCCCCC/C=C\CCC(O)C(=O)NC(COC1OC(CO)C(O)C(O)C1O)C(O)C(O)CCC/C=C/CC/C=C/CC/C=C/CCCCCCCCCC. The molecule has 0 aliphatic carbocycles. The highest BCUT2D eigenvalue weighted by Gasteiger charge is 2.44. The Kier molecular flexibility index (Phi) is 32.6. The lowest BCUT2D eigenvalue weighted by Gasteiger charge is -2.40. The number of nitrogens with one attached hydrogen (secondary N) is 1. The average molecular weight is 796 g/mol. The Labute approximate surface area is 339 Å². The number of aliphatic hydroxyl groups excluding tert-OH is 7. The van der Waals surface area contributed by atoms with Crippen LogP contribution in [0.5, 0.6) is 0 Å². The van der Waals surface area contributed by atoms with Gasteiger partial charge in [0.15, 0.2) is 6.29 Å². The fourth-order valence-electron chi connectivity index (χ4n) is 6.59. The Morgan fingerprint density at radius 2 is 1.07 bits per heavy atom. The highest BCUT2D eigenvalue weighted by molar-refractivity contribution is 5.80.